The molecule has 1 aromatic heterocycles. The van der Waals surface area contributed by atoms with Gasteiger partial charge in [-0.1, -0.05) is 30.3 Å². The molecule has 3 aromatic rings. The lowest BCUT2D eigenvalue weighted by Gasteiger charge is -2.25. The van der Waals surface area contributed by atoms with Crippen molar-refractivity contribution in [2.24, 2.45) is 0 Å². The maximum atomic E-state index is 12.4. The van der Waals surface area contributed by atoms with Gasteiger partial charge in [-0.25, -0.2) is 4.68 Å². The molecule has 0 saturated carbocycles. The van der Waals surface area contributed by atoms with E-state index in [1.54, 1.807) is 35.9 Å². The van der Waals surface area contributed by atoms with Crippen molar-refractivity contribution < 1.29 is 23.9 Å². The first-order chi connectivity index (χ1) is 15.4. The molecule has 0 spiro atoms. The average Bonchev–Trinajstić information content (AvgIpc) is 3.07. The van der Waals surface area contributed by atoms with E-state index in [2.05, 4.69) is 15.7 Å². The minimum Gasteiger partial charge on any atom is -0.478 e. The number of benzene rings is 2. The summed E-state index contributed by atoms with van der Waals surface area (Å²) in [4.78, 5) is 36.7. The number of ether oxygens (including phenoxy) is 2. The molecule has 2 amide bonds. The normalized spacial score (nSPS) is 14.7. The molecule has 0 saturated heterocycles. The third kappa shape index (κ3) is 4.46. The van der Waals surface area contributed by atoms with Crippen molar-refractivity contribution in [3.8, 4) is 11.4 Å². The van der Waals surface area contributed by atoms with Crippen molar-refractivity contribution in [1.82, 2.24) is 9.78 Å². The number of rotatable bonds is 6. The Morgan fingerprint density at radius 1 is 1.12 bits per heavy atom. The highest BCUT2D eigenvalue weighted by Crippen LogP contribution is 2.29. The number of aryl methyl sites for hydroxylation is 1. The summed E-state index contributed by atoms with van der Waals surface area (Å²) in [5.74, 6) is -1.18. The van der Waals surface area contributed by atoms with Crippen LogP contribution >= 0.6 is 0 Å². The van der Waals surface area contributed by atoms with Crippen LogP contribution in [0, 0.1) is 13.8 Å². The van der Waals surface area contributed by atoms with E-state index in [0.717, 1.165) is 11.4 Å². The number of anilines is 2. The fourth-order valence-electron chi connectivity index (χ4n) is 3.40. The summed E-state index contributed by atoms with van der Waals surface area (Å²) in [5.41, 5.74) is 3.36. The van der Waals surface area contributed by atoms with Crippen LogP contribution in [0.15, 0.2) is 54.6 Å². The van der Waals surface area contributed by atoms with Gasteiger partial charge in [0.05, 0.1) is 34.9 Å². The number of amides is 2. The average molecular weight is 434 g/mol. The highest BCUT2D eigenvalue weighted by Gasteiger charge is 2.30. The van der Waals surface area contributed by atoms with Gasteiger partial charge in [0.2, 0.25) is 0 Å². The predicted molar refractivity (Wildman–Crippen MR) is 117 cm³/mol. The van der Waals surface area contributed by atoms with Crippen LogP contribution in [0.4, 0.5) is 11.4 Å². The molecular formula is C23H22N4O5. The topological polar surface area (TPSA) is 112 Å². The van der Waals surface area contributed by atoms with Gasteiger partial charge < -0.3 is 20.1 Å². The zero-order valence-corrected chi connectivity index (χ0v) is 17.6. The Morgan fingerprint density at radius 2 is 1.84 bits per heavy atom. The molecule has 1 atom stereocenters. The van der Waals surface area contributed by atoms with Crippen molar-refractivity contribution in [3.05, 3.63) is 66.0 Å². The van der Waals surface area contributed by atoms with Gasteiger partial charge in [0.25, 0.3) is 11.8 Å². The Labute approximate surface area is 184 Å². The second-order valence-electron chi connectivity index (χ2n) is 7.30. The second kappa shape index (κ2) is 8.93. The predicted octanol–water partition coefficient (Wildman–Crippen LogP) is 2.76. The van der Waals surface area contributed by atoms with E-state index in [1.807, 2.05) is 37.3 Å². The largest absolute Gasteiger partial charge is 0.478 e. The molecule has 164 valence electrons. The minimum absolute atomic E-state index is 0.308. The molecule has 32 heavy (non-hydrogen) atoms. The van der Waals surface area contributed by atoms with Crippen LogP contribution in [0.3, 0.4) is 0 Å². The van der Waals surface area contributed by atoms with E-state index in [1.165, 1.54) is 0 Å². The van der Waals surface area contributed by atoms with E-state index in [4.69, 9.17) is 9.47 Å². The lowest BCUT2D eigenvalue weighted by atomic mass is 10.1. The lowest BCUT2D eigenvalue weighted by molar-refractivity contribution is -0.150. The number of carbonyl (C=O) groups is 3. The monoisotopic (exact) mass is 434 g/mol. The molecule has 9 nitrogen and oxygen atoms in total. The van der Waals surface area contributed by atoms with Crippen LogP contribution in [0.25, 0.3) is 5.69 Å². The third-order valence-electron chi connectivity index (χ3n) is 4.98. The van der Waals surface area contributed by atoms with E-state index >= 15 is 0 Å². The fourth-order valence-corrected chi connectivity index (χ4v) is 3.40. The number of carbonyl (C=O) groups excluding carboxylic acids is 3. The Kier molecular flexibility index (Phi) is 5.89. The molecule has 0 unspecified atom stereocenters. The van der Waals surface area contributed by atoms with E-state index < -0.39 is 30.5 Å². The molecule has 2 heterocycles. The number of fused-ring (bicyclic) bond motifs is 1. The molecule has 2 aromatic carbocycles. The number of aromatic nitrogens is 2. The van der Waals surface area contributed by atoms with E-state index in [9.17, 15) is 14.4 Å². The number of nitrogens with zero attached hydrogens (tertiary/aromatic N) is 2. The molecule has 1 aliphatic rings. The van der Waals surface area contributed by atoms with Crippen LogP contribution in [0.5, 0.6) is 5.75 Å². The Balaban J connectivity index is 1.32. The van der Waals surface area contributed by atoms with Crippen LogP contribution in [-0.4, -0.2) is 40.3 Å². The molecule has 1 aliphatic heterocycles. The lowest BCUT2D eigenvalue weighted by Crippen LogP contribution is -2.39. The summed E-state index contributed by atoms with van der Waals surface area (Å²) in [7, 11) is 0. The van der Waals surface area contributed by atoms with E-state index in [0.29, 0.717) is 22.8 Å². The van der Waals surface area contributed by atoms with Gasteiger partial charge in [-0.05, 0) is 38.1 Å². The Hall–Kier alpha value is -4.14. The standard InChI is InChI=1S/C23H22N4O5/c1-14-22(15(2)27(26-14)16-8-4-3-5-9-16)25-20(28)13-31-21(29)12-19-23(30)24-17-10-6-7-11-18(17)32-19/h3-11,19H,12-13H2,1-2H3,(H,24,30)(H,25,28)/t19-/m0/s1. The van der Waals surface area contributed by atoms with E-state index in [-0.39, 0.29) is 6.42 Å². The first-order valence-corrected chi connectivity index (χ1v) is 10.1. The van der Waals surface area contributed by atoms with Crippen molar-refractivity contribution in [3.63, 3.8) is 0 Å². The Bertz CT molecular complexity index is 1170. The van der Waals surface area contributed by atoms with Crippen LogP contribution in [0.1, 0.15) is 17.8 Å². The van der Waals surface area contributed by atoms with Gasteiger partial charge in [-0.2, -0.15) is 5.10 Å². The maximum Gasteiger partial charge on any atom is 0.310 e. The maximum absolute atomic E-state index is 12.4. The summed E-state index contributed by atoms with van der Waals surface area (Å²) in [5, 5.41) is 9.89. The first-order valence-electron chi connectivity index (χ1n) is 10.1. The number of esters is 1. The molecular weight excluding hydrogens is 412 g/mol. The summed E-state index contributed by atoms with van der Waals surface area (Å²) >= 11 is 0. The highest BCUT2D eigenvalue weighted by molar-refractivity contribution is 6.00. The zero-order chi connectivity index (χ0) is 22.7. The van der Waals surface area contributed by atoms with Gasteiger partial charge in [-0.15, -0.1) is 0 Å². The van der Waals surface area contributed by atoms with Gasteiger partial charge in [-0.3, -0.25) is 14.4 Å². The number of hydrogen-bond donors (Lipinski definition) is 2. The third-order valence-corrected chi connectivity index (χ3v) is 4.98. The summed E-state index contributed by atoms with van der Waals surface area (Å²) in [6, 6.07) is 16.5. The number of hydrogen-bond acceptors (Lipinski definition) is 6. The number of para-hydroxylation sites is 3. The molecule has 4 rings (SSSR count). The fraction of sp³-hybridized carbons (Fsp3) is 0.217. The Morgan fingerprint density at radius 3 is 2.62 bits per heavy atom. The quantitative estimate of drug-likeness (QED) is 0.577. The van der Waals surface area contributed by atoms with Gasteiger partial charge in [0.15, 0.2) is 12.7 Å². The van der Waals surface area contributed by atoms with Gasteiger partial charge in [0.1, 0.15) is 5.75 Å². The minimum atomic E-state index is -1.02. The smallest absolute Gasteiger partial charge is 0.310 e. The molecule has 0 fully saturated rings. The zero-order valence-electron chi connectivity index (χ0n) is 17.6. The van der Waals surface area contributed by atoms with Crippen molar-refractivity contribution in [1.29, 1.82) is 0 Å². The van der Waals surface area contributed by atoms with Crippen LogP contribution in [-0.2, 0) is 19.1 Å². The van der Waals surface area contributed by atoms with Crippen molar-refractivity contribution in [2.75, 3.05) is 17.2 Å². The molecule has 0 radical (unpaired) electrons. The SMILES string of the molecule is Cc1nn(-c2ccccc2)c(C)c1NC(=O)COC(=O)C[C@@H]1Oc2ccccc2NC1=O. The van der Waals surface area contributed by atoms with Crippen LogP contribution < -0.4 is 15.4 Å². The summed E-state index contributed by atoms with van der Waals surface area (Å²) < 4.78 is 12.3. The summed E-state index contributed by atoms with van der Waals surface area (Å²) in [6.45, 7) is 3.13. The first kappa shape index (κ1) is 21.1. The second-order valence-corrected chi connectivity index (χ2v) is 7.30. The van der Waals surface area contributed by atoms with Crippen molar-refractivity contribution in [2.45, 2.75) is 26.4 Å². The van der Waals surface area contributed by atoms with Crippen LogP contribution in [0.2, 0.25) is 0 Å². The number of nitrogens with one attached hydrogen (secondary N) is 2. The summed E-state index contributed by atoms with van der Waals surface area (Å²) in [6.07, 6.45) is -1.33. The van der Waals surface area contributed by atoms with Gasteiger partial charge in [0, 0.05) is 0 Å². The molecule has 0 aliphatic carbocycles. The van der Waals surface area contributed by atoms with Crippen molar-refractivity contribution >= 4 is 29.2 Å². The molecule has 0 bridgehead atoms. The molecule has 2 N–H and O–H groups in total. The molecule has 9 heteroatoms. The van der Waals surface area contributed by atoms with Gasteiger partial charge >= 0.3 is 5.97 Å². The highest BCUT2D eigenvalue weighted by atomic mass is 16.5.